The molecule has 1 aliphatic rings. The molecule has 1 N–H and O–H groups in total. The number of hydrogen-bond acceptors (Lipinski definition) is 3. The van der Waals surface area contributed by atoms with Crippen molar-refractivity contribution in [2.45, 2.75) is 12.5 Å². The number of nitrogens with zero attached hydrogens (tertiary/aromatic N) is 1. The minimum absolute atomic E-state index is 0.173. The molecule has 1 amide bonds. The largest absolute Gasteiger partial charge is 0.415 e. The van der Waals surface area contributed by atoms with Gasteiger partial charge in [0.2, 0.25) is 0 Å². The first-order valence-corrected chi connectivity index (χ1v) is 5.05. The quantitative estimate of drug-likeness (QED) is 0.785. The molecule has 0 spiro atoms. The van der Waals surface area contributed by atoms with Crippen molar-refractivity contribution in [2.75, 3.05) is 13.1 Å². The summed E-state index contributed by atoms with van der Waals surface area (Å²) in [6, 6.07) is 5.39. The number of amides is 1. The van der Waals surface area contributed by atoms with E-state index in [2.05, 4.69) is 0 Å². The van der Waals surface area contributed by atoms with Crippen LogP contribution in [0, 0.1) is 5.82 Å². The number of benzene rings is 1. The summed E-state index contributed by atoms with van der Waals surface area (Å²) in [5, 5.41) is 9.25. The molecule has 0 radical (unpaired) electrons. The monoisotopic (exact) mass is 225 g/mol. The van der Waals surface area contributed by atoms with Gasteiger partial charge in [0.15, 0.2) is 0 Å². The summed E-state index contributed by atoms with van der Waals surface area (Å²) in [7, 11) is 0. The predicted molar refractivity (Wildman–Crippen MR) is 54.6 cm³/mol. The fraction of sp³-hybridized carbons (Fsp3) is 0.364. The van der Waals surface area contributed by atoms with Crippen LogP contribution >= 0.6 is 0 Å². The van der Waals surface area contributed by atoms with E-state index < -0.39 is 18.0 Å². The Morgan fingerprint density at radius 2 is 2.38 bits per heavy atom. The number of aliphatic hydroxyl groups excluding tert-OH is 1. The molecule has 86 valence electrons. The normalized spacial score (nSPS) is 19.9. The standard InChI is InChI=1S/C11H12FNO3/c12-8-2-1-3-10(6-8)16-11(15)13-5-4-9(14)7-13/h1-3,6,9,14H,4-5,7H2. The van der Waals surface area contributed by atoms with Crippen molar-refractivity contribution in [3.8, 4) is 5.75 Å². The maximum absolute atomic E-state index is 12.8. The molecule has 4 nitrogen and oxygen atoms in total. The van der Waals surface area contributed by atoms with Crippen LogP contribution < -0.4 is 4.74 Å². The zero-order chi connectivity index (χ0) is 11.5. The van der Waals surface area contributed by atoms with Crippen molar-refractivity contribution in [2.24, 2.45) is 0 Å². The maximum Gasteiger partial charge on any atom is 0.415 e. The Labute approximate surface area is 92.2 Å². The molecule has 0 aromatic heterocycles. The zero-order valence-corrected chi connectivity index (χ0v) is 8.60. The van der Waals surface area contributed by atoms with Gasteiger partial charge >= 0.3 is 6.09 Å². The van der Waals surface area contributed by atoms with E-state index in [-0.39, 0.29) is 12.3 Å². The number of β-amino-alcohol motifs (C(OH)–C–C–N with tert-alkyl or cyclic N) is 1. The molecular weight excluding hydrogens is 213 g/mol. The van der Waals surface area contributed by atoms with Gasteiger partial charge < -0.3 is 14.7 Å². The van der Waals surface area contributed by atoms with Crippen LogP contribution in [0.3, 0.4) is 0 Å². The van der Waals surface area contributed by atoms with Gasteiger partial charge in [-0.3, -0.25) is 0 Å². The average molecular weight is 225 g/mol. The first-order valence-electron chi connectivity index (χ1n) is 5.05. The van der Waals surface area contributed by atoms with Gasteiger partial charge in [-0.2, -0.15) is 0 Å². The molecule has 1 aromatic carbocycles. The van der Waals surface area contributed by atoms with Gasteiger partial charge in [0.25, 0.3) is 0 Å². The summed E-state index contributed by atoms with van der Waals surface area (Å²) >= 11 is 0. The lowest BCUT2D eigenvalue weighted by atomic mass is 10.3. The molecule has 1 heterocycles. The van der Waals surface area contributed by atoms with Gasteiger partial charge in [0.1, 0.15) is 11.6 Å². The lowest BCUT2D eigenvalue weighted by Crippen LogP contribution is -2.32. The smallest absolute Gasteiger partial charge is 0.410 e. The molecule has 1 saturated heterocycles. The van der Waals surface area contributed by atoms with Crippen LogP contribution in [0.5, 0.6) is 5.75 Å². The van der Waals surface area contributed by atoms with Crippen LogP contribution in [0.15, 0.2) is 24.3 Å². The summed E-state index contributed by atoms with van der Waals surface area (Å²) in [6.07, 6.45) is -0.486. The van der Waals surface area contributed by atoms with E-state index in [1.807, 2.05) is 0 Å². The Hall–Kier alpha value is -1.62. The Balaban J connectivity index is 1.97. The number of halogens is 1. The molecule has 0 aliphatic carbocycles. The number of carbonyl (C=O) groups is 1. The van der Waals surface area contributed by atoms with E-state index >= 15 is 0 Å². The minimum Gasteiger partial charge on any atom is -0.410 e. The van der Waals surface area contributed by atoms with Crippen molar-refractivity contribution in [3.05, 3.63) is 30.1 Å². The number of likely N-dealkylation sites (tertiary alicyclic amines) is 1. The molecule has 0 bridgehead atoms. The van der Waals surface area contributed by atoms with E-state index in [9.17, 15) is 14.3 Å². The fourth-order valence-electron chi connectivity index (χ4n) is 1.60. The number of rotatable bonds is 1. The molecule has 1 aliphatic heterocycles. The molecule has 0 saturated carbocycles. The van der Waals surface area contributed by atoms with E-state index in [4.69, 9.17) is 4.74 Å². The van der Waals surface area contributed by atoms with Crippen LogP contribution in [0.2, 0.25) is 0 Å². The molecule has 5 heteroatoms. The van der Waals surface area contributed by atoms with E-state index in [1.165, 1.54) is 23.1 Å². The predicted octanol–water partition coefficient (Wildman–Crippen LogP) is 1.39. The molecule has 1 unspecified atom stereocenters. The second-order valence-electron chi connectivity index (χ2n) is 3.71. The van der Waals surface area contributed by atoms with Crippen molar-refractivity contribution in [3.63, 3.8) is 0 Å². The third kappa shape index (κ3) is 2.49. The zero-order valence-electron chi connectivity index (χ0n) is 8.60. The highest BCUT2D eigenvalue weighted by Crippen LogP contribution is 2.15. The van der Waals surface area contributed by atoms with E-state index in [0.717, 1.165) is 6.07 Å². The van der Waals surface area contributed by atoms with E-state index in [0.29, 0.717) is 13.0 Å². The third-order valence-electron chi connectivity index (χ3n) is 2.42. The van der Waals surface area contributed by atoms with Gasteiger partial charge in [-0.1, -0.05) is 6.07 Å². The Morgan fingerprint density at radius 1 is 1.56 bits per heavy atom. The average Bonchev–Trinajstić information content (AvgIpc) is 2.65. The van der Waals surface area contributed by atoms with Crippen molar-refractivity contribution in [1.82, 2.24) is 4.90 Å². The molecule has 16 heavy (non-hydrogen) atoms. The van der Waals surface area contributed by atoms with Crippen LogP contribution in [0.1, 0.15) is 6.42 Å². The van der Waals surface area contributed by atoms with Crippen molar-refractivity contribution < 1.29 is 19.0 Å². The summed E-state index contributed by atoms with van der Waals surface area (Å²) in [4.78, 5) is 12.9. The Bertz CT molecular complexity index is 397. The minimum atomic E-state index is -0.554. The highest BCUT2D eigenvalue weighted by molar-refractivity contribution is 5.71. The topological polar surface area (TPSA) is 49.8 Å². The van der Waals surface area contributed by atoms with Crippen LogP contribution in [-0.2, 0) is 0 Å². The number of carbonyl (C=O) groups excluding carboxylic acids is 1. The van der Waals surface area contributed by atoms with Gasteiger partial charge in [-0.05, 0) is 18.6 Å². The number of ether oxygens (including phenoxy) is 1. The van der Waals surface area contributed by atoms with Gasteiger partial charge in [0.05, 0.1) is 6.10 Å². The highest BCUT2D eigenvalue weighted by atomic mass is 19.1. The molecule has 1 aromatic rings. The lowest BCUT2D eigenvalue weighted by Gasteiger charge is -2.14. The SMILES string of the molecule is O=C(Oc1cccc(F)c1)N1CCC(O)C1. The summed E-state index contributed by atoms with van der Waals surface area (Å²) < 4.78 is 17.8. The van der Waals surface area contributed by atoms with Crippen LogP contribution in [0.25, 0.3) is 0 Å². The summed E-state index contributed by atoms with van der Waals surface area (Å²) in [5.74, 6) is -0.279. The van der Waals surface area contributed by atoms with Crippen molar-refractivity contribution in [1.29, 1.82) is 0 Å². The first kappa shape index (κ1) is 10.9. The molecule has 2 rings (SSSR count). The molecule has 1 fully saturated rings. The van der Waals surface area contributed by atoms with Gasteiger partial charge in [-0.25, -0.2) is 9.18 Å². The van der Waals surface area contributed by atoms with Crippen molar-refractivity contribution >= 4 is 6.09 Å². The van der Waals surface area contributed by atoms with Gasteiger partial charge in [-0.15, -0.1) is 0 Å². The number of aliphatic hydroxyl groups is 1. The molecule has 1 atom stereocenters. The Kier molecular flexibility index (Phi) is 3.05. The summed E-state index contributed by atoms with van der Waals surface area (Å²) in [5.41, 5.74) is 0. The van der Waals surface area contributed by atoms with Crippen LogP contribution in [0.4, 0.5) is 9.18 Å². The lowest BCUT2D eigenvalue weighted by molar-refractivity contribution is 0.145. The maximum atomic E-state index is 12.8. The summed E-state index contributed by atoms with van der Waals surface area (Å²) in [6.45, 7) is 0.740. The fourth-order valence-corrected chi connectivity index (χ4v) is 1.60. The second-order valence-corrected chi connectivity index (χ2v) is 3.71. The number of hydrogen-bond donors (Lipinski definition) is 1. The molecular formula is C11H12FNO3. The van der Waals surface area contributed by atoms with Crippen LogP contribution in [-0.4, -0.2) is 35.3 Å². The van der Waals surface area contributed by atoms with E-state index in [1.54, 1.807) is 0 Å². The third-order valence-corrected chi connectivity index (χ3v) is 2.42. The Morgan fingerprint density at radius 3 is 3.00 bits per heavy atom. The highest BCUT2D eigenvalue weighted by Gasteiger charge is 2.25. The second kappa shape index (κ2) is 4.49. The first-order chi connectivity index (χ1) is 7.65. The van der Waals surface area contributed by atoms with Gasteiger partial charge in [0, 0.05) is 19.2 Å².